The lowest BCUT2D eigenvalue weighted by atomic mass is 10.0. The lowest BCUT2D eigenvalue weighted by molar-refractivity contribution is -0.179. The molecule has 3 rings (SSSR count). The first kappa shape index (κ1) is 12.4. The van der Waals surface area contributed by atoms with Gasteiger partial charge in [-0.1, -0.05) is 5.06 Å². The number of carbonyl (C=O) groups excluding carboxylic acids is 3. The molecule has 0 unspecified atom stereocenters. The molecule has 19 heavy (non-hydrogen) atoms. The summed E-state index contributed by atoms with van der Waals surface area (Å²) in [5.74, 6) is -1.09. The van der Waals surface area contributed by atoms with Crippen molar-refractivity contribution in [1.82, 2.24) is 5.06 Å². The van der Waals surface area contributed by atoms with Crippen LogP contribution in [0.4, 0.5) is 4.79 Å². The van der Waals surface area contributed by atoms with Gasteiger partial charge in [-0.15, -0.1) is 0 Å². The maximum Gasteiger partial charge on any atom is 0.534 e. The molecular formula is C11H13NO7. The van der Waals surface area contributed by atoms with Crippen LogP contribution < -0.4 is 0 Å². The van der Waals surface area contributed by atoms with E-state index < -0.39 is 24.1 Å². The Balaban J connectivity index is 1.54. The minimum absolute atomic E-state index is 0.0162. The number of hydroxylamine groups is 2. The predicted octanol–water partition coefficient (Wildman–Crippen LogP) is -0.0350. The molecule has 8 heteroatoms. The molecule has 0 aromatic heterocycles. The summed E-state index contributed by atoms with van der Waals surface area (Å²) in [7, 11) is 0. The minimum Gasteiger partial charge on any atom is -0.426 e. The first-order chi connectivity index (χ1) is 9.15. The minimum atomic E-state index is -1.07. The molecule has 3 aliphatic rings. The molecule has 0 aromatic rings. The van der Waals surface area contributed by atoms with Gasteiger partial charge in [-0.3, -0.25) is 14.4 Å². The number of carbonyl (C=O) groups is 3. The Hall–Kier alpha value is -1.67. The Bertz CT molecular complexity index is 407. The summed E-state index contributed by atoms with van der Waals surface area (Å²) >= 11 is 0. The molecular weight excluding hydrogens is 258 g/mol. The maximum atomic E-state index is 11.5. The summed E-state index contributed by atoms with van der Waals surface area (Å²) < 4.78 is 15.7. The number of nitrogens with zero attached hydrogens (tertiary/aromatic N) is 1. The molecule has 3 atom stereocenters. The quantitative estimate of drug-likeness (QED) is 0.514. The van der Waals surface area contributed by atoms with E-state index >= 15 is 0 Å². The first-order valence-corrected chi connectivity index (χ1v) is 6.13. The van der Waals surface area contributed by atoms with Crippen molar-refractivity contribution in [3.8, 4) is 0 Å². The molecule has 3 aliphatic heterocycles. The average molecular weight is 271 g/mol. The Morgan fingerprint density at radius 3 is 2.68 bits per heavy atom. The van der Waals surface area contributed by atoms with Crippen LogP contribution in [0.3, 0.4) is 0 Å². The molecule has 0 aliphatic carbocycles. The molecule has 0 N–H and O–H groups in total. The van der Waals surface area contributed by atoms with Gasteiger partial charge in [0.25, 0.3) is 11.8 Å². The number of ether oxygens (including phenoxy) is 3. The molecule has 0 bridgehead atoms. The van der Waals surface area contributed by atoms with Gasteiger partial charge in [0.2, 0.25) is 0 Å². The molecule has 3 heterocycles. The third kappa shape index (κ3) is 2.28. The number of hydrogen-bond donors (Lipinski definition) is 0. The number of hydrogen-bond acceptors (Lipinski definition) is 7. The van der Waals surface area contributed by atoms with Gasteiger partial charge < -0.3 is 14.2 Å². The molecule has 3 saturated heterocycles. The molecule has 0 aromatic carbocycles. The van der Waals surface area contributed by atoms with Crippen molar-refractivity contribution >= 4 is 18.0 Å². The summed E-state index contributed by atoms with van der Waals surface area (Å²) in [6, 6.07) is 0. The van der Waals surface area contributed by atoms with Crippen LogP contribution in [0.2, 0.25) is 0 Å². The van der Waals surface area contributed by atoms with Crippen molar-refractivity contribution in [1.29, 1.82) is 0 Å². The second kappa shape index (κ2) is 4.78. The first-order valence-electron chi connectivity index (χ1n) is 6.13. The van der Waals surface area contributed by atoms with E-state index in [2.05, 4.69) is 4.84 Å². The summed E-state index contributed by atoms with van der Waals surface area (Å²) in [5, 5.41) is 0.459. The smallest absolute Gasteiger partial charge is 0.426 e. The van der Waals surface area contributed by atoms with Gasteiger partial charge in [-0.25, -0.2) is 4.79 Å². The summed E-state index contributed by atoms with van der Waals surface area (Å²) in [6.07, 6.45) is -1.02. The van der Waals surface area contributed by atoms with E-state index in [-0.39, 0.29) is 31.7 Å². The van der Waals surface area contributed by atoms with Crippen LogP contribution in [-0.2, 0) is 28.6 Å². The van der Waals surface area contributed by atoms with Crippen LogP contribution in [0.1, 0.15) is 19.3 Å². The lowest BCUT2D eigenvalue weighted by Gasteiger charge is -2.17. The van der Waals surface area contributed by atoms with Crippen molar-refractivity contribution in [2.24, 2.45) is 5.92 Å². The Morgan fingerprint density at radius 2 is 1.95 bits per heavy atom. The van der Waals surface area contributed by atoms with E-state index in [4.69, 9.17) is 14.2 Å². The Kier molecular flexibility index (Phi) is 3.11. The fourth-order valence-corrected chi connectivity index (χ4v) is 2.43. The second-order valence-corrected chi connectivity index (χ2v) is 4.60. The van der Waals surface area contributed by atoms with E-state index in [9.17, 15) is 14.4 Å². The standard InChI is InChI=1S/C11H13NO7/c13-8-1-2-9(14)12(8)19-11(15)18-7-5-17-10-6(7)3-4-16-10/h6-7,10H,1-5H2/t6-,7+,10-/m1/s1. The number of amides is 2. The fourth-order valence-electron chi connectivity index (χ4n) is 2.43. The normalized spacial score (nSPS) is 33.7. The highest BCUT2D eigenvalue weighted by molar-refractivity contribution is 6.01. The van der Waals surface area contributed by atoms with Gasteiger partial charge in [0.1, 0.15) is 6.10 Å². The van der Waals surface area contributed by atoms with Crippen molar-refractivity contribution in [2.45, 2.75) is 31.7 Å². The van der Waals surface area contributed by atoms with E-state index in [1.54, 1.807) is 0 Å². The summed E-state index contributed by atoms with van der Waals surface area (Å²) in [4.78, 5) is 38.7. The maximum absolute atomic E-state index is 11.5. The highest BCUT2D eigenvalue weighted by Gasteiger charge is 2.44. The average Bonchev–Trinajstić information content (AvgIpc) is 3.03. The van der Waals surface area contributed by atoms with Crippen LogP contribution in [0.25, 0.3) is 0 Å². The number of fused-ring (bicyclic) bond motifs is 1. The topological polar surface area (TPSA) is 91.4 Å². The van der Waals surface area contributed by atoms with E-state index in [1.165, 1.54) is 0 Å². The zero-order chi connectivity index (χ0) is 13.4. The summed E-state index contributed by atoms with van der Waals surface area (Å²) in [5.41, 5.74) is 0. The number of rotatable bonds is 2. The highest BCUT2D eigenvalue weighted by Crippen LogP contribution is 2.33. The molecule has 8 nitrogen and oxygen atoms in total. The largest absolute Gasteiger partial charge is 0.534 e. The van der Waals surface area contributed by atoms with Crippen molar-refractivity contribution in [3.63, 3.8) is 0 Å². The highest BCUT2D eigenvalue weighted by atomic mass is 16.8. The van der Waals surface area contributed by atoms with Gasteiger partial charge in [0, 0.05) is 12.8 Å². The van der Waals surface area contributed by atoms with Crippen LogP contribution in [0, 0.1) is 5.92 Å². The second-order valence-electron chi connectivity index (χ2n) is 4.60. The van der Waals surface area contributed by atoms with Gasteiger partial charge in [-0.05, 0) is 6.42 Å². The third-order valence-corrected chi connectivity index (χ3v) is 3.40. The molecule has 0 radical (unpaired) electrons. The van der Waals surface area contributed by atoms with Crippen LogP contribution >= 0.6 is 0 Å². The van der Waals surface area contributed by atoms with E-state index in [0.717, 1.165) is 6.42 Å². The van der Waals surface area contributed by atoms with Crippen LogP contribution in [0.15, 0.2) is 0 Å². The molecule has 3 fully saturated rings. The van der Waals surface area contributed by atoms with Gasteiger partial charge in [0.15, 0.2) is 6.29 Å². The predicted molar refractivity (Wildman–Crippen MR) is 56.2 cm³/mol. The summed E-state index contributed by atoms with van der Waals surface area (Å²) in [6.45, 7) is 0.791. The van der Waals surface area contributed by atoms with Crippen molar-refractivity contribution in [3.05, 3.63) is 0 Å². The molecule has 0 saturated carbocycles. The van der Waals surface area contributed by atoms with Gasteiger partial charge in [-0.2, -0.15) is 0 Å². The van der Waals surface area contributed by atoms with Crippen molar-refractivity contribution < 1.29 is 33.4 Å². The molecule has 104 valence electrons. The zero-order valence-electron chi connectivity index (χ0n) is 10.1. The Labute approximate surface area is 108 Å². The fraction of sp³-hybridized carbons (Fsp3) is 0.727. The van der Waals surface area contributed by atoms with Crippen LogP contribution in [-0.4, -0.2) is 48.6 Å². The third-order valence-electron chi connectivity index (χ3n) is 3.40. The van der Waals surface area contributed by atoms with E-state index in [0.29, 0.717) is 11.7 Å². The van der Waals surface area contributed by atoms with Gasteiger partial charge in [0.05, 0.1) is 19.1 Å². The Morgan fingerprint density at radius 1 is 1.21 bits per heavy atom. The zero-order valence-corrected chi connectivity index (χ0v) is 10.1. The SMILES string of the molecule is O=C(O[C@H]1CO[C@H]2OCC[C@@H]21)ON1C(=O)CCC1=O. The van der Waals surface area contributed by atoms with Gasteiger partial charge >= 0.3 is 6.16 Å². The van der Waals surface area contributed by atoms with Crippen LogP contribution in [0.5, 0.6) is 0 Å². The molecule has 0 spiro atoms. The number of imide groups is 1. The van der Waals surface area contributed by atoms with E-state index in [1.807, 2.05) is 0 Å². The lowest BCUT2D eigenvalue weighted by Crippen LogP contribution is -2.35. The monoisotopic (exact) mass is 271 g/mol. The molecule has 2 amide bonds. The van der Waals surface area contributed by atoms with Crippen molar-refractivity contribution in [2.75, 3.05) is 13.2 Å².